The van der Waals surface area contributed by atoms with Crippen LogP contribution in [0.15, 0.2) is 12.3 Å². The van der Waals surface area contributed by atoms with Crippen LogP contribution in [0.25, 0.3) is 0 Å². The van der Waals surface area contributed by atoms with E-state index in [4.69, 9.17) is 5.11 Å². The fourth-order valence-electron chi connectivity index (χ4n) is 1.81. The average molecular weight is 282 g/mol. The van der Waals surface area contributed by atoms with Crippen molar-refractivity contribution in [2.24, 2.45) is 7.05 Å². The third kappa shape index (κ3) is 6.77. The van der Waals surface area contributed by atoms with Gasteiger partial charge >= 0.3 is 12.0 Å². The van der Waals surface area contributed by atoms with Crippen LogP contribution in [0.3, 0.4) is 0 Å². The van der Waals surface area contributed by atoms with Crippen molar-refractivity contribution >= 4 is 12.0 Å². The molecular weight excluding hydrogens is 260 g/mol. The lowest BCUT2D eigenvalue weighted by Crippen LogP contribution is -2.41. The molecule has 0 fully saturated rings. The first-order valence-electron chi connectivity index (χ1n) is 6.72. The smallest absolute Gasteiger partial charge is 0.315 e. The molecule has 1 atom stereocenters. The first-order valence-corrected chi connectivity index (χ1v) is 6.72. The molecule has 0 bridgehead atoms. The van der Waals surface area contributed by atoms with Crippen molar-refractivity contribution in [3.63, 3.8) is 0 Å². The van der Waals surface area contributed by atoms with Crippen LogP contribution in [-0.2, 0) is 18.3 Å². The van der Waals surface area contributed by atoms with E-state index in [1.807, 2.05) is 26.2 Å². The molecule has 2 amide bonds. The van der Waals surface area contributed by atoms with Gasteiger partial charge in [-0.3, -0.25) is 9.48 Å². The van der Waals surface area contributed by atoms with Gasteiger partial charge in [0.05, 0.1) is 5.69 Å². The van der Waals surface area contributed by atoms with Crippen LogP contribution < -0.4 is 10.6 Å². The molecule has 1 rings (SSSR count). The molecule has 1 aromatic heterocycles. The minimum absolute atomic E-state index is 0.0378. The van der Waals surface area contributed by atoms with Crippen LogP contribution in [-0.4, -0.2) is 39.5 Å². The van der Waals surface area contributed by atoms with E-state index < -0.39 is 5.97 Å². The Bertz CT molecular complexity index is 445. The summed E-state index contributed by atoms with van der Waals surface area (Å²) in [5.41, 5.74) is 0.933. The highest BCUT2D eigenvalue weighted by molar-refractivity contribution is 5.74. The first kappa shape index (κ1) is 16.0. The molecular formula is C13H22N4O3. The predicted octanol–water partition coefficient (Wildman–Crippen LogP) is 0.905. The van der Waals surface area contributed by atoms with Gasteiger partial charge in [-0.15, -0.1) is 0 Å². The van der Waals surface area contributed by atoms with E-state index in [1.54, 1.807) is 4.68 Å². The SMILES string of the molecule is CC(CCCC(=O)O)NC(=O)NCCc1ccn(C)n1. The van der Waals surface area contributed by atoms with Crippen molar-refractivity contribution in [2.45, 2.75) is 38.6 Å². The number of aliphatic carboxylic acids is 1. The maximum atomic E-state index is 11.6. The molecule has 1 aromatic rings. The summed E-state index contributed by atoms with van der Waals surface area (Å²) < 4.78 is 1.72. The lowest BCUT2D eigenvalue weighted by atomic mass is 10.1. The Balaban J connectivity index is 2.11. The summed E-state index contributed by atoms with van der Waals surface area (Å²) in [4.78, 5) is 22.0. The van der Waals surface area contributed by atoms with Crippen LogP contribution in [0.5, 0.6) is 0 Å². The highest BCUT2D eigenvalue weighted by Crippen LogP contribution is 2.00. The van der Waals surface area contributed by atoms with E-state index in [-0.39, 0.29) is 18.5 Å². The van der Waals surface area contributed by atoms with Gasteiger partial charge in [-0.2, -0.15) is 5.10 Å². The minimum Gasteiger partial charge on any atom is -0.481 e. The molecule has 7 nitrogen and oxygen atoms in total. The monoisotopic (exact) mass is 282 g/mol. The zero-order valence-electron chi connectivity index (χ0n) is 11.9. The van der Waals surface area contributed by atoms with Gasteiger partial charge in [0.15, 0.2) is 0 Å². The molecule has 1 unspecified atom stereocenters. The van der Waals surface area contributed by atoms with E-state index in [0.29, 0.717) is 25.8 Å². The quantitative estimate of drug-likeness (QED) is 0.660. The van der Waals surface area contributed by atoms with Gasteiger partial charge in [0.25, 0.3) is 0 Å². The molecule has 0 aliphatic carbocycles. The fraction of sp³-hybridized carbons (Fsp3) is 0.615. The number of hydrogen-bond donors (Lipinski definition) is 3. The summed E-state index contributed by atoms with van der Waals surface area (Å²) in [6, 6.07) is 1.64. The lowest BCUT2D eigenvalue weighted by molar-refractivity contribution is -0.137. The number of urea groups is 1. The molecule has 112 valence electrons. The number of carbonyl (C=O) groups excluding carboxylic acids is 1. The predicted molar refractivity (Wildman–Crippen MR) is 74.4 cm³/mol. The highest BCUT2D eigenvalue weighted by Gasteiger charge is 2.07. The van der Waals surface area contributed by atoms with Gasteiger partial charge in [0, 0.05) is 38.7 Å². The van der Waals surface area contributed by atoms with Crippen molar-refractivity contribution in [3.8, 4) is 0 Å². The van der Waals surface area contributed by atoms with Gasteiger partial charge in [0.2, 0.25) is 0 Å². The fourth-order valence-corrected chi connectivity index (χ4v) is 1.81. The van der Waals surface area contributed by atoms with Crippen LogP contribution in [0.2, 0.25) is 0 Å². The summed E-state index contributed by atoms with van der Waals surface area (Å²) in [5.74, 6) is -0.808. The van der Waals surface area contributed by atoms with Crippen LogP contribution in [0.1, 0.15) is 31.9 Å². The molecule has 0 aliphatic heterocycles. The van der Waals surface area contributed by atoms with Crippen molar-refractivity contribution in [3.05, 3.63) is 18.0 Å². The Morgan fingerprint density at radius 1 is 1.50 bits per heavy atom. The number of aromatic nitrogens is 2. The van der Waals surface area contributed by atoms with Gasteiger partial charge < -0.3 is 15.7 Å². The zero-order chi connectivity index (χ0) is 15.0. The largest absolute Gasteiger partial charge is 0.481 e. The third-order valence-corrected chi connectivity index (χ3v) is 2.84. The maximum Gasteiger partial charge on any atom is 0.315 e. The Labute approximate surface area is 118 Å². The number of amides is 2. The molecule has 0 spiro atoms. The topological polar surface area (TPSA) is 96.3 Å². The summed E-state index contributed by atoms with van der Waals surface area (Å²) >= 11 is 0. The number of hydrogen-bond acceptors (Lipinski definition) is 3. The molecule has 0 aromatic carbocycles. The zero-order valence-corrected chi connectivity index (χ0v) is 11.9. The summed E-state index contributed by atoms with van der Waals surface area (Å²) in [7, 11) is 1.85. The van der Waals surface area contributed by atoms with Crippen molar-refractivity contribution in [1.29, 1.82) is 0 Å². The number of carbonyl (C=O) groups is 2. The summed E-state index contributed by atoms with van der Waals surface area (Å²) in [5, 5.41) is 18.3. The normalized spacial score (nSPS) is 11.9. The molecule has 0 saturated carbocycles. The van der Waals surface area contributed by atoms with E-state index in [2.05, 4.69) is 15.7 Å². The molecule has 7 heteroatoms. The number of carboxylic acids is 1. The number of carboxylic acid groups (broad SMARTS) is 1. The third-order valence-electron chi connectivity index (χ3n) is 2.84. The average Bonchev–Trinajstić information content (AvgIpc) is 2.74. The number of aryl methyl sites for hydroxylation is 1. The minimum atomic E-state index is -0.808. The summed E-state index contributed by atoms with van der Waals surface area (Å²) in [6.07, 6.45) is 3.89. The second-order valence-electron chi connectivity index (χ2n) is 4.82. The second-order valence-corrected chi connectivity index (χ2v) is 4.82. The van der Waals surface area contributed by atoms with Crippen molar-refractivity contribution < 1.29 is 14.7 Å². The molecule has 0 aliphatic rings. The standard InChI is InChI=1S/C13H22N4O3/c1-10(4-3-5-12(18)19)15-13(20)14-8-6-11-7-9-17(2)16-11/h7,9-10H,3-6,8H2,1-2H3,(H,18,19)(H2,14,15,20). The molecule has 20 heavy (non-hydrogen) atoms. The Morgan fingerprint density at radius 2 is 2.25 bits per heavy atom. The Morgan fingerprint density at radius 3 is 2.85 bits per heavy atom. The maximum absolute atomic E-state index is 11.6. The van der Waals surface area contributed by atoms with Crippen molar-refractivity contribution in [1.82, 2.24) is 20.4 Å². The summed E-state index contributed by atoms with van der Waals surface area (Å²) in [6.45, 7) is 2.38. The van der Waals surface area contributed by atoms with Crippen LogP contribution in [0, 0.1) is 0 Å². The highest BCUT2D eigenvalue weighted by atomic mass is 16.4. The first-order chi connectivity index (χ1) is 9.47. The van der Waals surface area contributed by atoms with Gasteiger partial charge in [-0.1, -0.05) is 0 Å². The number of rotatable bonds is 8. The molecule has 3 N–H and O–H groups in total. The van der Waals surface area contributed by atoms with E-state index in [9.17, 15) is 9.59 Å². The molecule has 0 radical (unpaired) electrons. The van der Waals surface area contributed by atoms with Gasteiger partial charge in [-0.05, 0) is 25.8 Å². The van der Waals surface area contributed by atoms with Gasteiger partial charge in [0.1, 0.15) is 0 Å². The van der Waals surface area contributed by atoms with Crippen molar-refractivity contribution in [2.75, 3.05) is 6.54 Å². The Hall–Kier alpha value is -2.05. The lowest BCUT2D eigenvalue weighted by Gasteiger charge is -2.13. The van der Waals surface area contributed by atoms with Gasteiger partial charge in [-0.25, -0.2) is 4.79 Å². The van der Waals surface area contributed by atoms with E-state index >= 15 is 0 Å². The molecule has 0 saturated heterocycles. The number of nitrogens with one attached hydrogen (secondary N) is 2. The second kappa shape index (κ2) is 8.19. The van der Waals surface area contributed by atoms with Crippen LogP contribution in [0.4, 0.5) is 4.79 Å². The van der Waals surface area contributed by atoms with Crippen LogP contribution >= 0.6 is 0 Å². The molecule has 1 heterocycles. The van der Waals surface area contributed by atoms with E-state index in [0.717, 1.165) is 5.69 Å². The Kier molecular flexibility index (Phi) is 6.55. The number of nitrogens with zero attached hydrogens (tertiary/aromatic N) is 2. The van der Waals surface area contributed by atoms with E-state index in [1.165, 1.54) is 0 Å².